The number of ether oxygens (including phenoxy) is 1. The molecule has 1 heterocycles. The van der Waals surface area contributed by atoms with Crippen molar-refractivity contribution < 1.29 is 14.3 Å². The first-order valence-electron chi connectivity index (χ1n) is 7.24. The van der Waals surface area contributed by atoms with Gasteiger partial charge in [0, 0.05) is 12.0 Å². The van der Waals surface area contributed by atoms with Crippen LogP contribution in [0.3, 0.4) is 0 Å². The summed E-state index contributed by atoms with van der Waals surface area (Å²) in [5.41, 5.74) is 3.29. The Bertz CT molecular complexity index is 716. The molecule has 0 saturated carbocycles. The predicted octanol–water partition coefficient (Wildman–Crippen LogP) is 2.34. The number of aldehydes is 1. The molecule has 0 aromatic heterocycles. The molecule has 4 nitrogen and oxygen atoms in total. The van der Waals surface area contributed by atoms with Crippen LogP contribution in [-0.4, -0.2) is 48.9 Å². The SMILES string of the molecule is COc1ccc(C=O)c2c1N(Cc1ccccc1)C(=O)CC2.[NaH]. The number of hydrogen-bond acceptors (Lipinski definition) is 3. The first kappa shape index (κ1) is 17.7. The van der Waals surface area contributed by atoms with Crippen molar-refractivity contribution in [2.75, 3.05) is 12.0 Å². The van der Waals surface area contributed by atoms with E-state index in [0.717, 1.165) is 23.1 Å². The fourth-order valence-corrected chi connectivity index (χ4v) is 2.89. The third-order valence-corrected chi connectivity index (χ3v) is 3.97. The van der Waals surface area contributed by atoms with Gasteiger partial charge >= 0.3 is 29.6 Å². The molecule has 1 aliphatic heterocycles. The van der Waals surface area contributed by atoms with Crippen LogP contribution < -0.4 is 9.64 Å². The Hall–Kier alpha value is -1.62. The number of methoxy groups -OCH3 is 1. The molecule has 5 heteroatoms. The summed E-state index contributed by atoms with van der Waals surface area (Å²) in [7, 11) is 1.58. The molecule has 0 fully saturated rings. The van der Waals surface area contributed by atoms with Gasteiger partial charge in [0.25, 0.3) is 0 Å². The molecule has 1 amide bonds. The Labute approximate surface area is 157 Å². The van der Waals surface area contributed by atoms with Crippen LogP contribution in [0, 0.1) is 0 Å². The average molecular weight is 319 g/mol. The maximum atomic E-state index is 12.4. The Morgan fingerprint density at radius 2 is 1.87 bits per heavy atom. The summed E-state index contributed by atoms with van der Waals surface area (Å²) in [5, 5.41) is 0. The zero-order chi connectivity index (χ0) is 15.5. The molecule has 0 radical (unpaired) electrons. The Kier molecular flexibility index (Phi) is 5.99. The van der Waals surface area contributed by atoms with E-state index in [1.807, 2.05) is 30.3 Å². The van der Waals surface area contributed by atoms with Crippen LogP contribution in [0.5, 0.6) is 5.75 Å². The summed E-state index contributed by atoms with van der Waals surface area (Å²) in [4.78, 5) is 25.4. The van der Waals surface area contributed by atoms with E-state index >= 15 is 0 Å². The van der Waals surface area contributed by atoms with Gasteiger partial charge in [0.05, 0.1) is 19.3 Å². The molecular weight excluding hydrogens is 301 g/mol. The van der Waals surface area contributed by atoms with Crippen LogP contribution in [0.2, 0.25) is 0 Å². The molecule has 0 aliphatic carbocycles. The molecular formula is C18H18NNaO3. The fourth-order valence-electron chi connectivity index (χ4n) is 2.89. The molecule has 3 rings (SSSR count). The van der Waals surface area contributed by atoms with Crippen LogP contribution >= 0.6 is 0 Å². The minimum atomic E-state index is 0. The second-order valence-electron chi connectivity index (χ2n) is 5.27. The van der Waals surface area contributed by atoms with E-state index in [9.17, 15) is 9.59 Å². The summed E-state index contributed by atoms with van der Waals surface area (Å²) < 4.78 is 5.42. The molecule has 23 heavy (non-hydrogen) atoms. The third-order valence-electron chi connectivity index (χ3n) is 3.97. The monoisotopic (exact) mass is 319 g/mol. The van der Waals surface area contributed by atoms with E-state index in [-0.39, 0.29) is 35.5 Å². The van der Waals surface area contributed by atoms with Crippen molar-refractivity contribution in [3.05, 3.63) is 59.2 Å². The van der Waals surface area contributed by atoms with E-state index in [0.29, 0.717) is 30.7 Å². The van der Waals surface area contributed by atoms with Gasteiger partial charge < -0.3 is 9.64 Å². The predicted molar refractivity (Wildman–Crippen MR) is 91.5 cm³/mol. The summed E-state index contributed by atoms with van der Waals surface area (Å²) >= 11 is 0. The Balaban J connectivity index is 0.00000192. The molecule has 2 aromatic carbocycles. The number of nitrogens with zero attached hydrogens (tertiary/aromatic N) is 1. The number of amides is 1. The molecule has 2 aromatic rings. The van der Waals surface area contributed by atoms with Gasteiger partial charge in [-0.2, -0.15) is 0 Å². The van der Waals surface area contributed by atoms with Crippen molar-refractivity contribution in [3.63, 3.8) is 0 Å². The van der Waals surface area contributed by atoms with Crippen molar-refractivity contribution in [2.24, 2.45) is 0 Å². The summed E-state index contributed by atoms with van der Waals surface area (Å²) in [6, 6.07) is 13.3. The number of fused-ring (bicyclic) bond motifs is 1. The van der Waals surface area contributed by atoms with Gasteiger partial charge in [-0.3, -0.25) is 9.59 Å². The van der Waals surface area contributed by atoms with Crippen molar-refractivity contribution in [1.82, 2.24) is 0 Å². The van der Waals surface area contributed by atoms with Gasteiger partial charge in [-0.05, 0) is 29.7 Å². The Morgan fingerprint density at radius 3 is 2.52 bits per heavy atom. The van der Waals surface area contributed by atoms with Gasteiger partial charge in [-0.25, -0.2) is 0 Å². The zero-order valence-corrected chi connectivity index (χ0v) is 12.4. The van der Waals surface area contributed by atoms with Crippen LogP contribution in [0.25, 0.3) is 0 Å². The van der Waals surface area contributed by atoms with Crippen molar-refractivity contribution in [1.29, 1.82) is 0 Å². The number of hydrogen-bond donors (Lipinski definition) is 0. The number of benzene rings is 2. The van der Waals surface area contributed by atoms with Crippen LogP contribution in [0.4, 0.5) is 5.69 Å². The summed E-state index contributed by atoms with van der Waals surface area (Å²) in [5.74, 6) is 0.683. The third kappa shape index (κ3) is 3.50. The second kappa shape index (κ2) is 7.77. The molecule has 0 saturated heterocycles. The van der Waals surface area contributed by atoms with Gasteiger partial charge in [-0.1, -0.05) is 30.3 Å². The van der Waals surface area contributed by atoms with E-state index in [2.05, 4.69) is 0 Å². The van der Waals surface area contributed by atoms with E-state index in [1.165, 1.54) is 0 Å². The molecule has 114 valence electrons. The van der Waals surface area contributed by atoms with Gasteiger partial charge in [0.15, 0.2) is 0 Å². The summed E-state index contributed by atoms with van der Waals surface area (Å²) in [6.07, 6.45) is 1.83. The summed E-state index contributed by atoms with van der Waals surface area (Å²) in [6.45, 7) is 0.478. The van der Waals surface area contributed by atoms with E-state index in [1.54, 1.807) is 24.1 Å². The number of anilines is 1. The zero-order valence-electron chi connectivity index (χ0n) is 12.4. The maximum absolute atomic E-state index is 12.4. The standard InChI is InChI=1S/C18H17NO3.Na.H/c1-22-16-9-7-14(12-20)15-8-10-17(21)19(18(15)16)11-13-5-3-2-4-6-13;;/h2-7,9,12H,8,10-11H2,1H3;;. The van der Waals surface area contributed by atoms with Crippen LogP contribution in [0.15, 0.2) is 42.5 Å². The molecule has 0 bridgehead atoms. The van der Waals surface area contributed by atoms with Crippen LogP contribution in [-0.2, 0) is 17.8 Å². The van der Waals surface area contributed by atoms with Crippen molar-refractivity contribution in [2.45, 2.75) is 19.4 Å². The molecule has 1 aliphatic rings. The fraction of sp³-hybridized carbons (Fsp3) is 0.222. The van der Waals surface area contributed by atoms with Crippen molar-refractivity contribution in [3.8, 4) is 5.75 Å². The van der Waals surface area contributed by atoms with Crippen molar-refractivity contribution >= 4 is 47.4 Å². The van der Waals surface area contributed by atoms with E-state index in [4.69, 9.17) is 4.74 Å². The van der Waals surface area contributed by atoms with E-state index < -0.39 is 0 Å². The molecule has 0 N–H and O–H groups in total. The van der Waals surface area contributed by atoms with Gasteiger partial charge in [0.1, 0.15) is 12.0 Å². The quantitative estimate of drug-likeness (QED) is 0.642. The average Bonchev–Trinajstić information content (AvgIpc) is 2.57. The number of carbonyl (C=O) groups is 2. The van der Waals surface area contributed by atoms with Gasteiger partial charge in [0.2, 0.25) is 5.91 Å². The van der Waals surface area contributed by atoms with Gasteiger partial charge in [-0.15, -0.1) is 0 Å². The number of rotatable bonds is 4. The Morgan fingerprint density at radius 1 is 1.13 bits per heavy atom. The first-order chi connectivity index (χ1) is 10.7. The first-order valence-corrected chi connectivity index (χ1v) is 7.24. The number of carbonyl (C=O) groups excluding carboxylic acids is 2. The second-order valence-corrected chi connectivity index (χ2v) is 5.27. The molecule has 0 spiro atoms. The van der Waals surface area contributed by atoms with Crippen LogP contribution in [0.1, 0.15) is 27.9 Å². The minimum absolute atomic E-state index is 0. The topological polar surface area (TPSA) is 46.6 Å². The molecule has 0 unspecified atom stereocenters. The molecule has 0 atom stereocenters. The normalized spacial score (nSPS) is 13.1.